The normalized spacial score (nSPS) is 17.6. The molecule has 222 valence electrons. The molecule has 1 fully saturated rings. The van der Waals surface area contributed by atoms with Crippen LogP contribution in [0.4, 0.5) is 40.8 Å². The first kappa shape index (κ1) is 31.4. The highest BCUT2D eigenvalue weighted by molar-refractivity contribution is 6.53. The van der Waals surface area contributed by atoms with Gasteiger partial charge in [-0.2, -0.15) is 13.2 Å². The lowest BCUT2D eigenvalue weighted by molar-refractivity contribution is -0.140. The third-order valence-corrected chi connectivity index (χ3v) is 7.57. The molecule has 1 N–H and O–H groups in total. The molecule has 3 aromatic carbocycles. The van der Waals surface area contributed by atoms with Crippen LogP contribution in [-0.4, -0.2) is 21.8 Å². The Bertz CT molecular complexity index is 1620. The lowest BCUT2D eigenvalue weighted by Crippen LogP contribution is -2.18. The number of carbonyl (C=O) groups excluding carboxylic acids is 3. The summed E-state index contributed by atoms with van der Waals surface area (Å²) in [6, 6.07) is 4.93. The second-order valence-electron chi connectivity index (χ2n) is 9.65. The van der Waals surface area contributed by atoms with Crippen molar-refractivity contribution in [2.75, 3.05) is 5.32 Å². The van der Waals surface area contributed by atoms with Crippen molar-refractivity contribution in [2.45, 2.75) is 36.2 Å². The Hall–Kier alpha value is -3.51. The van der Waals surface area contributed by atoms with Crippen LogP contribution in [0.3, 0.4) is 0 Å². The average molecular weight is 638 g/mol. The van der Waals surface area contributed by atoms with Crippen molar-refractivity contribution in [1.82, 2.24) is 0 Å². The largest absolute Gasteiger partial charge is 0.419 e. The first-order valence-electron chi connectivity index (χ1n) is 12.0. The van der Waals surface area contributed by atoms with E-state index in [-0.39, 0.29) is 11.1 Å². The minimum atomic E-state index is -5.05. The van der Waals surface area contributed by atoms with Gasteiger partial charge in [-0.1, -0.05) is 12.1 Å². The van der Waals surface area contributed by atoms with Crippen LogP contribution in [0.2, 0.25) is 0 Å². The second kappa shape index (κ2) is 11.3. The Kier molecular flexibility index (Phi) is 8.45. The van der Waals surface area contributed by atoms with E-state index < -0.39 is 104 Å². The molecule has 0 aliphatic heterocycles. The Balaban J connectivity index is 1.58. The monoisotopic (exact) mass is 637 g/mol. The molecule has 0 spiro atoms. The molecule has 1 aliphatic rings. The molecule has 0 radical (unpaired) electrons. The fourth-order valence-electron chi connectivity index (χ4n) is 4.57. The second-order valence-corrected chi connectivity index (χ2v) is 11.1. The van der Waals surface area contributed by atoms with Gasteiger partial charge >= 0.3 is 6.18 Å². The number of anilines is 1. The Morgan fingerprint density at radius 1 is 0.857 bits per heavy atom. The summed E-state index contributed by atoms with van der Waals surface area (Å²) >= 11 is 12.3. The van der Waals surface area contributed by atoms with Gasteiger partial charge in [0.05, 0.1) is 17.0 Å². The van der Waals surface area contributed by atoms with Crippen molar-refractivity contribution in [2.24, 2.45) is 5.92 Å². The summed E-state index contributed by atoms with van der Waals surface area (Å²) in [5.74, 6) is -12.7. The van der Waals surface area contributed by atoms with Crippen molar-refractivity contribution in [3.63, 3.8) is 0 Å². The van der Waals surface area contributed by atoms with Gasteiger partial charge in [0.15, 0.2) is 17.4 Å². The van der Waals surface area contributed by atoms with E-state index in [1.807, 2.05) is 0 Å². The van der Waals surface area contributed by atoms with Crippen LogP contribution in [0, 0.1) is 35.0 Å². The first-order valence-corrected chi connectivity index (χ1v) is 12.7. The van der Waals surface area contributed by atoms with E-state index in [1.54, 1.807) is 0 Å². The predicted octanol–water partition coefficient (Wildman–Crippen LogP) is 7.48. The number of carbonyl (C=O) groups is 3. The molecule has 0 saturated heterocycles. The SMILES string of the molecule is CC(=O)Cc1ccc(F)c(CC(=O)c2cc(NC(=O)[C@H]3[C@H](c4ccc(F)c(C(F)(F)F)c4)C3(Cl)Cl)cc(F)c2F)c1F. The van der Waals surface area contributed by atoms with Crippen LogP contribution < -0.4 is 5.32 Å². The zero-order valence-electron chi connectivity index (χ0n) is 21.1. The van der Waals surface area contributed by atoms with Crippen LogP contribution in [0.1, 0.15) is 45.5 Å². The van der Waals surface area contributed by atoms with Gasteiger partial charge in [-0.3, -0.25) is 14.4 Å². The van der Waals surface area contributed by atoms with Crippen molar-refractivity contribution in [3.8, 4) is 0 Å². The summed E-state index contributed by atoms with van der Waals surface area (Å²) in [6.45, 7) is 1.16. The van der Waals surface area contributed by atoms with Crippen molar-refractivity contribution >= 4 is 46.4 Å². The smallest absolute Gasteiger partial charge is 0.326 e. The number of halogens is 10. The lowest BCUT2D eigenvalue weighted by Gasteiger charge is -2.12. The molecular formula is C28H17Cl2F8NO3. The number of alkyl halides is 5. The van der Waals surface area contributed by atoms with Gasteiger partial charge in [0.1, 0.15) is 27.6 Å². The van der Waals surface area contributed by atoms with Gasteiger partial charge in [0, 0.05) is 36.1 Å². The fraction of sp³-hybridized carbons (Fsp3) is 0.250. The molecule has 2 atom stereocenters. The van der Waals surface area contributed by atoms with E-state index in [2.05, 4.69) is 5.32 Å². The van der Waals surface area contributed by atoms with E-state index in [9.17, 15) is 49.5 Å². The maximum absolute atomic E-state index is 14.8. The van der Waals surface area contributed by atoms with Gasteiger partial charge < -0.3 is 5.32 Å². The number of nitrogens with one attached hydrogen (secondary N) is 1. The van der Waals surface area contributed by atoms with Gasteiger partial charge in [0.25, 0.3) is 0 Å². The molecule has 0 heterocycles. The van der Waals surface area contributed by atoms with E-state index in [0.717, 1.165) is 25.1 Å². The standard InChI is InChI=1S/C28H17Cl2F8NO3/c1-11(40)6-13-3-4-18(31)15(24(13)34)10-21(41)16-8-14(9-20(33)25(16)35)39-26(42)23-22(27(23,29)30)12-2-5-19(32)17(7-12)28(36,37)38/h2-5,7-9,22-23H,6,10H2,1H3,(H,39,42)/t22-,23+/m0/s1. The summed E-state index contributed by atoms with van der Waals surface area (Å²) in [5, 5.41) is 2.15. The van der Waals surface area contributed by atoms with Gasteiger partial charge in [-0.15, -0.1) is 23.2 Å². The quantitative estimate of drug-likeness (QED) is 0.158. The van der Waals surface area contributed by atoms with E-state index in [4.69, 9.17) is 23.2 Å². The van der Waals surface area contributed by atoms with E-state index >= 15 is 0 Å². The molecule has 4 nitrogen and oxygen atoms in total. The number of hydrogen-bond donors (Lipinski definition) is 1. The van der Waals surface area contributed by atoms with Crippen LogP contribution in [0.25, 0.3) is 0 Å². The molecule has 1 amide bonds. The number of ketones is 2. The predicted molar refractivity (Wildman–Crippen MR) is 136 cm³/mol. The molecule has 1 saturated carbocycles. The van der Waals surface area contributed by atoms with E-state index in [0.29, 0.717) is 24.3 Å². The molecule has 0 unspecified atom stereocenters. The summed E-state index contributed by atoms with van der Waals surface area (Å²) in [4.78, 5) is 37.1. The van der Waals surface area contributed by atoms with Crippen LogP contribution >= 0.6 is 23.2 Å². The van der Waals surface area contributed by atoms with Gasteiger partial charge in [-0.05, 0) is 42.3 Å². The average Bonchev–Trinajstić information content (AvgIpc) is 3.46. The zero-order chi connectivity index (χ0) is 31.3. The molecule has 42 heavy (non-hydrogen) atoms. The Morgan fingerprint density at radius 2 is 1.50 bits per heavy atom. The Morgan fingerprint density at radius 3 is 2.12 bits per heavy atom. The minimum Gasteiger partial charge on any atom is -0.326 e. The summed E-state index contributed by atoms with van der Waals surface area (Å²) in [6.07, 6.45) is -6.53. The van der Waals surface area contributed by atoms with Gasteiger partial charge in [0.2, 0.25) is 5.91 Å². The molecule has 14 heteroatoms. The van der Waals surface area contributed by atoms with Crippen LogP contribution in [0.5, 0.6) is 0 Å². The van der Waals surface area contributed by atoms with Crippen LogP contribution in [-0.2, 0) is 28.6 Å². The van der Waals surface area contributed by atoms with E-state index in [1.165, 1.54) is 0 Å². The summed E-state index contributed by atoms with van der Waals surface area (Å²) in [7, 11) is 0. The maximum Gasteiger partial charge on any atom is 0.419 e. The van der Waals surface area contributed by atoms with Crippen LogP contribution in [0.15, 0.2) is 42.5 Å². The lowest BCUT2D eigenvalue weighted by atomic mass is 9.97. The minimum absolute atomic E-state index is 0.215. The first-order chi connectivity index (χ1) is 19.4. The zero-order valence-corrected chi connectivity index (χ0v) is 22.6. The molecular weight excluding hydrogens is 621 g/mol. The maximum atomic E-state index is 14.8. The number of Topliss-reactive ketones (excluding diaryl/α,β-unsaturated/α-hetero) is 2. The number of amides is 1. The number of hydrogen-bond acceptors (Lipinski definition) is 3. The number of rotatable bonds is 8. The fourth-order valence-corrected chi connectivity index (χ4v) is 5.40. The third-order valence-electron chi connectivity index (χ3n) is 6.63. The summed E-state index contributed by atoms with van der Waals surface area (Å²) < 4.78 is 109. The molecule has 0 aromatic heterocycles. The highest BCUT2D eigenvalue weighted by Gasteiger charge is 2.67. The Labute approximate surface area is 242 Å². The van der Waals surface area contributed by atoms with Crippen molar-refractivity contribution < 1.29 is 49.5 Å². The highest BCUT2D eigenvalue weighted by atomic mass is 35.5. The molecule has 4 rings (SSSR count). The third kappa shape index (κ3) is 6.14. The summed E-state index contributed by atoms with van der Waals surface area (Å²) in [5.41, 5.74) is -4.32. The van der Waals surface area contributed by atoms with Crippen molar-refractivity contribution in [1.29, 1.82) is 0 Å². The molecule has 3 aromatic rings. The highest BCUT2D eigenvalue weighted by Crippen LogP contribution is 2.65. The number of benzene rings is 3. The van der Waals surface area contributed by atoms with Gasteiger partial charge in [-0.25, -0.2) is 22.0 Å². The molecule has 1 aliphatic carbocycles. The topological polar surface area (TPSA) is 63.2 Å². The van der Waals surface area contributed by atoms with Crippen molar-refractivity contribution in [3.05, 3.63) is 99.4 Å². The molecule has 0 bridgehead atoms.